The first-order valence-corrected chi connectivity index (χ1v) is 6.98. The van der Waals surface area contributed by atoms with Crippen molar-refractivity contribution in [3.05, 3.63) is 29.3 Å². The fourth-order valence-electron chi connectivity index (χ4n) is 1.16. The van der Waals surface area contributed by atoms with Gasteiger partial charge in [0, 0.05) is 6.07 Å². The van der Waals surface area contributed by atoms with Crippen molar-refractivity contribution < 1.29 is 35.5 Å². The third-order valence-corrected chi connectivity index (χ3v) is 2.79. The number of rotatable bonds is 7. The summed E-state index contributed by atoms with van der Waals surface area (Å²) < 4.78 is 82.2. The van der Waals surface area contributed by atoms with Crippen molar-refractivity contribution in [2.24, 2.45) is 5.14 Å². The van der Waals surface area contributed by atoms with E-state index < -0.39 is 51.4 Å². The van der Waals surface area contributed by atoms with E-state index in [4.69, 9.17) is 9.88 Å². The zero-order valence-corrected chi connectivity index (χ0v) is 10.9. The number of hydrogen-bond donors (Lipinski definition) is 1. The van der Waals surface area contributed by atoms with Crippen LogP contribution in [0, 0.1) is 23.3 Å². The summed E-state index contributed by atoms with van der Waals surface area (Å²) in [4.78, 5) is 0. The van der Waals surface area contributed by atoms with Crippen LogP contribution in [-0.4, -0.2) is 34.0 Å². The van der Waals surface area contributed by atoms with E-state index in [0.717, 1.165) is 0 Å². The largest absolute Gasteiger partial charge is 0.485 e. The molecule has 0 radical (unpaired) electrons. The molecule has 0 fully saturated rings. The predicted octanol–water partition coefficient (Wildman–Crippen LogP) is 0.927. The van der Waals surface area contributed by atoms with E-state index in [1.165, 1.54) is 0 Å². The van der Waals surface area contributed by atoms with Gasteiger partial charge < -0.3 is 9.47 Å². The van der Waals surface area contributed by atoms with Crippen molar-refractivity contribution in [1.82, 2.24) is 0 Å². The van der Waals surface area contributed by atoms with Crippen LogP contribution in [0.1, 0.15) is 0 Å². The molecule has 0 aliphatic heterocycles. The minimum absolute atomic E-state index is 0.0557. The van der Waals surface area contributed by atoms with Crippen LogP contribution in [0.5, 0.6) is 5.75 Å². The van der Waals surface area contributed by atoms with E-state index in [1.807, 2.05) is 0 Å². The number of ether oxygens (including phenoxy) is 2. The van der Waals surface area contributed by atoms with Crippen LogP contribution in [0.2, 0.25) is 0 Å². The van der Waals surface area contributed by atoms with Gasteiger partial charge >= 0.3 is 0 Å². The number of sulfonamides is 1. The Labute approximate surface area is 112 Å². The van der Waals surface area contributed by atoms with Crippen molar-refractivity contribution in [2.45, 2.75) is 0 Å². The molecular formula is C10H11F4NO4S. The van der Waals surface area contributed by atoms with Crippen molar-refractivity contribution in [3.8, 4) is 5.75 Å². The molecule has 0 aromatic heterocycles. The van der Waals surface area contributed by atoms with E-state index in [1.54, 1.807) is 0 Å². The predicted molar refractivity (Wildman–Crippen MR) is 60.6 cm³/mol. The lowest BCUT2D eigenvalue weighted by Crippen LogP contribution is -2.21. The maximum absolute atomic E-state index is 13.1. The smallest absolute Gasteiger partial charge is 0.211 e. The fraction of sp³-hybridized carbons (Fsp3) is 0.400. The summed E-state index contributed by atoms with van der Waals surface area (Å²) in [6, 6.07) is 0.0557. The van der Waals surface area contributed by atoms with Crippen molar-refractivity contribution >= 4 is 10.0 Å². The Bertz CT molecular complexity index is 553. The first-order valence-electron chi connectivity index (χ1n) is 5.26. The lowest BCUT2D eigenvalue weighted by Gasteiger charge is -2.09. The Morgan fingerprint density at radius 3 is 2.05 bits per heavy atom. The van der Waals surface area contributed by atoms with Gasteiger partial charge in [0.1, 0.15) is 6.61 Å². The molecule has 0 atom stereocenters. The minimum Gasteiger partial charge on any atom is -0.485 e. The zero-order chi connectivity index (χ0) is 15.3. The number of nitrogens with two attached hydrogens (primary N) is 1. The quantitative estimate of drug-likeness (QED) is 0.461. The Hall–Kier alpha value is -1.39. The molecule has 0 unspecified atom stereocenters. The van der Waals surface area contributed by atoms with Crippen LogP contribution in [0.3, 0.4) is 0 Å². The van der Waals surface area contributed by atoms with E-state index in [0.29, 0.717) is 0 Å². The molecule has 20 heavy (non-hydrogen) atoms. The molecule has 1 aromatic carbocycles. The Balaban J connectivity index is 2.47. The van der Waals surface area contributed by atoms with Gasteiger partial charge in [0.25, 0.3) is 0 Å². The molecule has 0 amide bonds. The standard InChI is InChI=1S/C10H11F4NO4S/c11-6-5-7(12)9(14)10(8(6)13)19-2-1-18-3-4-20(15,16)17/h5H,1-4H2,(H2,15,16,17). The first kappa shape index (κ1) is 16.7. The molecule has 0 bridgehead atoms. The third kappa shape index (κ3) is 4.94. The van der Waals surface area contributed by atoms with Gasteiger partial charge in [0.05, 0.1) is 19.0 Å². The molecular weight excluding hydrogens is 306 g/mol. The molecule has 5 nitrogen and oxygen atoms in total. The van der Waals surface area contributed by atoms with E-state index in [2.05, 4.69) is 4.74 Å². The number of hydrogen-bond acceptors (Lipinski definition) is 4. The number of benzene rings is 1. The third-order valence-electron chi connectivity index (χ3n) is 2.06. The average Bonchev–Trinajstić information content (AvgIpc) is 2.33. The van der Waals surface area contributed by atoms with E-state index in [9.17, 15) is 26.0 Å². The van der Waals surface area contributed by atoms with Gasteiger partial charge in [-0.1, -0.05) is 0 Å². The first-order chi connectivity index (χ1) is 9.22. The highest BCUT2D eigenvalue weighted by atomic mass is 32.2. The Morgan fingerprint density at radius 1 is 1.00 bits per heavy atom. The molecule has 0 saturated heterocycles. The molecule has 2 N–H and O–H groups in total. The summed E-state index contributed by atoms with van der Waals surface area (Å²) in [6.45, 7) is -0.918. The van der Waals surface area contributed by atoms with Gasteiger partial charge in [-0.15, -0.1) is 0 Å². The molecule has 1 aromatic rings. The van der Waals surface area contributed by atoms with Crippen molar-refractivity contribution in [2.75, 3.05) is 25.6 Å². The van der Waals surface area contributed by atoms with Gasteiger partial charge in [-0.3, -0.25) is 0 Å². The summed E-state index contributed by atoms with van der Waals surface area (Å²) in [5.74, 6) is -8.13. The molecule has 0 aliphatic rings. The van der Waals surface area contributed by atoms with Crippen molar-refractivity contribution in [1.29, 1.82) is 0 Å². The Morgan fingerprint density at radius 2 is 1.55 bits per heavy atom. The zero-order valence-electron chi connectivity index (χ0n) is 10.0. The lowest BCUT2D eigenvalue weighted by molar-refractivity contribution is 0.107. The second-order valence-corrected chi connectivity index (χ2v) is 5.36. The van der Waals surface area contributed by atoms with Gasteiger partial charge in [0.15, 0.2) is 17.4 Å². The van der Waals surface area contributed by atoms with Crippen LogP contribution in [0.4, 0.5) is 17.6 Å². The van der Waals surface area contributed by atoms with Crippen LogP contribution >= 0.6 is 0 Å². The summed E-state index contributed by atoms with van der Waals surface area (Å²) in [6.07, 6.45) is 0. The van der Waals surface area contributed by atoms with Crippen LogP contribution in [0.15, 0.2) is 6.07 Å². The topological polar surface area (TPSA) is 78.6 Å². The summed E-state index contributed by atoms with van der Waals surface area (Å²) in [7, 11) is -3.67. The summed E-state index contributed by atoms with van der Waals surface area (Å²) in [5, 5.41) is 4.69. The molecule has 114 valence electrons. The lowest BCUT2D eigenvalue weighted by atomic mass is 10.3. The summed E-state index contributed by atoms with van der Waals surface area (Å²) in [5.41, 5.74) is 0. The highest BCUT2D eigenvalue weighted by Gasteiger charge is 2.20. The monoisotopic (exact) mass is 317 g/mol. The molecule has 1 rings (SSSR count). The summed E-state index contributed by atoms with van der Waals surface area (Å²) >= 11 is 0. The molecule has 10 heteroatoms. The molecule has 0 saturated carbocycles. The molecule has 0 heterocycles. The van der Waals surface area contributed by atoms with Gasteiger partial charge in [-0.25, -0.2) is 22.3 Å². The van der Waals surface area contributed by atoms with E-state index in [-0.39, 0.29) is 19.3 Å². The van der Waals surface area contributed by atoms with Crippen molar-refractivity contribution in [3.63, 3.8) is 0 Å². The SMILES string of the molecule is NS(=O)(=O)CCOCCOc1c(F)c(F)cc(F)c1F. The van der Waals surface area contributed by atoms with Gasteiger partial charge in [-0.05, 0) is 0 Å². The Kier molecular flexibility index (Phi) is 5.72. The maximum atomic E-state index is 13.1. The number of halogens is 4. The van der Waals surface area contributed by atoms with E-state index >= 15 is 0 Å². The van der Waals surface area contributed by atoms with Crippen LogP contribution < -0.4 is 9.88 Å². The second kappa shape index (κ2) is 6.86. The minimum atomic E-state index is -3.67. The fourth-order valence-corrected chi connectivity index (χ4v) is 1.51. The normalized spacial score (nSPS) is 11.7. The molecule has 0 spiro atoms. The van der Waals surface area contributed by atoms with Gasteiger partial charge in [0.2, 0.25) is 21.7 Å². The highest BCUT2D eigenvalue weighted by molar-refractivity contribution is 7.89. The molecule has 0 aliphatic carbocycles. The number of primary sulfonamides is 1. The van der Waals surface area contributed by atoms with Crippen LogP contribution in [-0.2, 0) is 14.8 Å². The maximum Gasteiger partial charge on any atom is 0.211 e. The average molecular weight is 317 g/mol. The van der Waals surface area contributed by atoms with Gasteiger partial charge in [-0.2, -0.15) is 8.78 Å². The highest BCUT2D eigenvalue weighted by Crippen LogP contribution is 2.26. The van der Waals surface area contributed by atoms with Crippen LogP contribution in [0.25, 0.3) is 0 Å². The second-order valence-electron chi connectivity index (χ2n) is 3.63.